The van der Waals surface area contributed by atoms with Crippen LogP contribution in [0.1, 0.15) is 33.6 Å². The van der Waals surface area contributed by atoms with E-state index in [1.807, 2.05) is 13.8 Å². The maximum absolute atomic E-state index is 13.1. The van der Waals surface area contributed by atoms with E-state index in [0.29, 0.717) is 12.0 Å². The number of methoxy groups -OCH3 is 1. The number of rotatable bonds is 10. The topological polar surface area (TPSA) is 202 Å². The second kappa shape index (κ2) is 14.2. The molecule has 3 rings (SSSR count). The minimum absolute atomic E-state index is 0.0256. The summed E-state index contributed by atoms with van der Waals surface area (Å²) in [6.07, 6.45) is -6.64. The molecule has 228 valence electrons. The fourth-order valence-electron chi connectivity index (χ4n) is 5.75. The molecule has 0 aromatic heterocycles. The van der Waals surface area contributed by atoms with Gasteiger partial charge in [-0.1, -0.05) is 19.9 Å². The first-order valence-corrected chi connectivity index (χ1v) is 13.5. The van der Waals surface area contributed by atoms with Crippen molar-refractivity contribution in [2.45, 2.75) is 76.7 Å². The number of ether oxygens (including phenoxy) is 5. The maximum atomic E-state index is 13.1. The molecule has 2 heterocycles. The summed E-state index contributed by atoms with van der Waals surface area (Å²) in [7, 11) is 1.18. The Labute approximate surface area is 232 Å². The normalized spacial score (nSPS) is 39.8. The van der Waals surface area contributed by atoms with Gasteiger partial charge in [0.2, 0.25) is 6.29 Å². The van der Waals surface area contributed by atoms with E-state index < -0.39 is 67.6 Å². The van der Waals surface area contributed by atoms with Crippen molar-refractivity contribution in [1.29, 1.82) is 0 Å². The molecule has 0 amide bonds. The molecule has 1 saturated heterocycles. The average molecular weight is 575 g/mol. The van der Waals surface area contributed by atoms with Gasteiger partial charge in [0.25, 0.3) is 0 Å². The van der Waals surface area contributed by atoms with Crippen LogP contribution in [0.4, 0.5) is 0 Å². The Hall–Kier alpha value is -2.10. The Morgan fingerprint density at radius 3 is 2.45 bits per heavy atom. The zero-order chi connectivity index (χ0) is 29.7. The largest absolute Gasteiger partial charge is 0.468 e. The zero-order valence-corrected chi connectivity index (χ0v) is 23.2. The Balaban J connectivity index is 1.75. The molecular weight excluding hydrogens is 532 g/mol. The molecule has 13 nitrogen and oxygen atoms in total. The Morgan fingerprint density at radius 2 is 1.85 bits per heavy atom. The van der Waals surface area contributed by atoms with E-state index in [4.69, 9.17) is 23.7 Å². The molecule has 13 heteroatoms. The SMILES string of the molecule is C/C=C1/[C@H](O[C@@H]2O[C@H](CO)[C@@H](O)[C@H](O)[C@H]2O)OC=C(C(=O)OC)[C@H]1CC(=O)OC[C@@H]1[C@@H](C)[C@H](O)C[C@H]1[C@H](C)CO. The minimum atomic E-state index is -1.69. The molecule has 0 unspecified atom stereocenters. The molecular formula is C27H42O13. The summed E-state index contributed by atoms with van der Waals surface area (Å²) in [6.45, 7) is 4.72. The van der Waals surface area contributed by atoms with Gasteiger partial charge in [-0.2, -0.15) is 0 Å². The summed E-state index contributed by atoms with van der Waals surface area (Å²) in [6, 6.07) is 0. The molecule has 1 aliphatic carbocycles. The number of esters is 2. The van der Waals surface area contributed by atoms with Crippen LogP contribution in [-0.4, -0.2) is 113 Å². The smallest absolute Gasteiger partial charge is 0.337 e. The lowest BCUT2D eigenvalue weighted by atomic mass is 9.83. The second-order valence-corrected chi connectivity index (χ2v) is 10.7. The summed E-state index contributed by atoms with van der Waals surface area (Å²) in [5.41, 5.74) is 0.339. The predicted octanol–water partition coefficient (Wildman–Crippen LogP) is -1.03. The second-order valence-electron chi connectivity index (χ2n) is 10.7. The molecule has 3 aliphatic rings. The number of carbonyl (C=O) groups is 2. The van der Waals surface area contributed by atoms with Gasteiger partial charge in [0.1, 0.15) is 24.4 Å². The average Bonchev–Trinajstić information content (AvgIpc) is 3.24. The van der Waals surface area contributed by atoms with Crippen LogP contribution in [0, 0.1) is 29.6 Å². The standard InChI is InChI=1S/C27H42O13/c1-5-14-16(7-21(31)37-10-17-13(3)19(30)6-15(17)12(2)8-28)18(25(35)36-4)11-38-26(14)40-27-24(34)23(33)22(32)20(9-29)39-27/h5,11-13,15-17,19-20,22-24,26-30,32-34H,6-10H2,1-4H3/b14-5+/t12-,13-,15+,16+,17-,19-,20-,22-,23+,24-,26+,27+/m1/s1. The Kier molecular flexibility index (Phi) is 11.5. The lowest BCUT2D eigenvalue weighted by molar-refractivity contribution is -0.327. The number of hydrogen-bond acceptors (Lipinski definition) is 13. The van der Waals surface area contributed by atoms with Crippen molar-refractivity contribution in [3.63, 3.8) is 0 Å². The molecule has 0 radical (unpaired) electrons. The van der Waals surface area contributed by atoms with Crippen molar-refractivity contribution in [2.24, 2.45) is 29.6 Å². The van der Waals surface area contributed by atoms with Gasteiger partial charge < -0.3 is 54.3 Å². The predicted molar refractivity (Wildman–Crippen MR) is 136 cm³/mol. The van der Waals surface area contributed by atoms with E-state index in [1.54, 1.807) is 13.0 Å². The number of aliphatic hydroxyl groups excluding tert-OH is 6. The first-order valence-electron chi connectivity index (χ1n) is 13.5. The highest BCUT2D eigenvalue weighted by Gasteiger charge is 2.47. The third kappa shape index (κ3) is 6.85. The molecule has 2 fully saturated rings. The number of allylic oxidation sites excluding steroid dienone is 1. The van der Waals surface area contributed by atoms with Crippen LogP contribution >= 0.6 is 0 Å². The van der Waals surface area contributed by atoms with E-state index in [9.17, 15) is 40.2 Å². The van der Waals surface area contributed by atoms with Crippen molar-refractivity contribution < 1.29 is 63.9 Å². The van der Waals surface area contributed by atoms with E-state index in [-0.39, 0.29) is 48.9 Å². The molecule has 0 aromatic rings. The molecule has 2 aliphatic heterocycles. The molecule has 40 heavy (non-hydrogen) atoms. The van der Waals surface area contributed by atoms with Crippen LogP contribution < -0.4 is 0 Å². The van der Waals surface area contributed by atoms with Crippen LogP contribution in [0.15, 0.2) is 23.5 Å². The maximum Gasteiger partial charge on any atom is 0.337 e. The van der Waals surface area contributed by atoms with Crippen molar-refractivity contribution in [1.82, 2.24) is 0 Å². The molecule has 0 aromatic carbocycles. The fourth-order valence-corrected chi connectivity index (χ4v) is 5.75. The summed E-state index contributed by atoms with van der Waals surface area (Å²) >= 11 is 0. The van der Waals surface area contributed by atoms with E-state index >= 15 is 0 Å². The summed E-state index contributed by atoms with van der Waals surface area (Å²) in [5, 5.41) is 59.9. The molecule has 1 saturated carbocycles. The summed E-state index contributed by atoms with van der Waals surface area (Å²) in [4.78, 5) is 25.6. The monoisotopic (exact) mass is 574 g/mol. The Bertz CT molecular complexity index is 933. The Morgan fingerprint density at radius 1 is 1.15 bits per heavy atom. The van der Waals surface area contributed by atoms with Gasteiger partial charge in [-0.05, 0) is 31.1 Å². The van der Waals surface area contributed by atoms with Crippen LogP contribution in [0.5, 0.6) is 0 Å². The highest BCUT2D eigenvalue weighted by Crippen LogP contribution is 2.42. The lowest BCUT2D eigenvalue weighted by Gasteiger charge is -2.41. The van der Waals surface area contributed by atoms with Crippen molar-refractivity contribution in [3.05, 3.63) is 23.5 Å². The van der Waals surface area contributed by atoms with Crippen LogP contribution in [0.25, 0.3) is 0 Å². The number of aliphatic hydroxyl groups is 6. The van der Waals surface area contributed by atoms with Gasteiger partial charge in [0.05, 0.1) is 44.7 Å². The van der Waals surface area contributed by atoms with Gasteiger partial charge >= 0.3 is 11.9 Å². The van der Waals surface area contributed by atoms with Gasteiger partial charge in [0.15, 0.2) is 6.29 Å². The van der Waals surface area contributed by atoms with E-state index in [1.165, 1.54) is 7.11 Å². The third-order valence-corrected chi connectivity index (χ3v) is 8.40. The summed E-state index contributed by atoms with van der Waals surface area (Å²) in [5.74, 6) is -2.67. The zero-order valence-electron chi connectivity index (χ0n) is 23.2. The highest BCUT2D eigenvalue weighted by atomic mass is 16.8. The summed E-state index contributed by atoms with van der Waals surface area (Å²) < 4.78 is 27.2. The van der Waals surface area contributed by atoms with Crippen LogP contribution in [0.3, 0.4) is 0 Å². The minimum Gasteiger partial charge on any atom is -0.468 e. The van der Waals surface area contributed by atoms with Crippen LogP contribution in [0.2, 0.25) is 0 Å². The molecule has 6 N–H and O–H groups in total. The van der Waals surface area contributed by atoms with Crippen molar-refractivity contribution in [3.8, 4) is 0 Å². The molecule has 12 atom stereocenters. The highest BCUT2D eigenvalue weighted by molar-refractivity contribution is 5.90. The van der Waals surface area contributed by atoms with Crippen molar-refractivity contribution in [2.75, 3.05) is 26.9 Å². The van der Waals surface area contributed by atoms with Crippen molar-refractivity contribution >= 4 is 11.9 Å². The molecule has 0 bridgehead atoms. The quantitative estimate of drug-likeness (QED) is 0.137. The molecule has 0 spiro atoms. The van der Waals surface area contributed by atoms with Gasteiger partial charge in [0, 0.05) is 24.0 Å². The van der Waals surface area contributed by atoms with E-state index in [0.717, 1.165) is 6.26 Å². The third-order valence-electron chi connectivity index (χ3n) is 8.40. The van der Waals surface area contributed by atoms with Gasteiger partial charge in [-0.25, -0.2) is 4.79 Å². The number of carbonyl (C=O) groups excluding carboxylic acids is 2. The fraction of sp³-hybridized carbons (Fsp3) is 0.778. The first-order chi connectivity index (χ1) is 19.0. The number of hydrogen-bond donors (Lipinski definition) is 6. The van der Waals surface area contributed by atoms with Gasteiger partial charge in [-0.15, -0.1) is 0 Å². The van der Waals surface area contributed by atoms with Gasteiger partial charge in [-0.3, -0.25) is 4.79 Å². The van der Waals surface area contributed by atoms with E-state index in [2.05, 4.69) is 0 Å². The first kappa shape index (κ1) is 32.4. The lowest BCUT2D eigenvalue weighted by Crippen LogP contribution is -2.60. The van der Waals surface area contributed by atoms with Crippen LogP contribution in [-0.2, 0) is 33.3 Å².